The fourth-order valence-corrected chi connectivity index (χ4v) is 1.44. The van der Waals surface area contributed by atoms with Crippen molar-refractivity contribution in [2.24, 2.45) is 5.92 Å². The number of nitrogens with zero attached hydrogens (tertiary/aromatic N) is 1. The van der Waals surface area contributed by atoms with E-state index in [9.17, 15) is 4.79 Å². The molecular formula is C13H21N3O2. The van der Waals surface area contributed by atoms with Crippen LogP contribution in [0.15, 0.2) is 18.5 Å². The van der Waals surface area contributed by atoms with Crippen LogP contribution < -0.4 is 10.6 Å². The molecular weight excluding hydrogens is 230 g/mol. The summed E-state index contributed by atoms with van der Waals surface area (Å²) >= 11 is 0. The lowest BCUT2D eigenvalue weighted by molar-refractivity contribution is 0.0886. The summed E-state index contributed by atoms with van der Waals surface area (Å²) in [5.41, 5.74) is 1.31. The van der Waals surface area contributed by atoms with Gasteiger partial charge in [0, 0.05) is 38.3 Å². The van der Waals surface area contributed by atoms with Crippen molar-refractivity contribution < 1.29 is 9.53 Å². The molecule has 18 heavy (non-hydrogen) atoms. The first kappa shape index (κ1) is 14.4. The normalized spacial score (nSPS) is 10.4. The summed E-state index contributed by atoms with van der Waals surface area (Å²) in [4.78, 5) is 15.8. The number of anilines is 1. The molecule has 0 atom stereocenters. The molecule has 0 aromatic carbocycles. The number of pyridine rings is 1. The second kappa shape index (κ2) is 7.66. The number of hydrogen-bond donors (Lipinski definition) is 2. The number of aromatic nitrogens is 1. The van der Waals surface area contributed by atoms with Crippen LogP contribution in [0.4, 0.5) is 5.69 Å². The quantitative estimate of drug-likeness (QED) is 0.721. The highest BCUT2D eigenvalue weighted by atomic mass is 16.5. The van der Waals surface area contributed by atoms with E-state index >= 15 is 0 Å². The van der Waals surface area contributed by atoms with Crippen molar-refractivity contribution in [1.29, 1.82) is 0 Å². The van der Waals surface area contributed by atoms with Crippen LogP contribution in [-0.2, 0) is 4.74 Å². The minimum Gasteiger partial charge on any atom is -0.387 e. The van der Waals surface area contributed by atoms with Crippen molar-refractivity contribution in [3.8, 4) is 0 Å². The molecule has 0 unspecified atom stereocenters. The summed E-state index contributed by atoms with van der Waals surface area (Å²) < 4.78 is 5.39. The van der Waals surface area contributed by atoms with Gasteiger partial charge in [0.15, 0.2) is 0 Å². The number of carbonyl (C=O) groups excluding carboxylic acids is 1. The van der Waals surface area contributed by atoms with E-state index in [1.54, 1.807) is 25.5 Å². The molecule has 0 fully saturated rings. The van der Waals surface area contributed by atoms with Gasteiger partial charge in [0.2, 0.25) is 0 Å². The third-order valence-corrected chi connectivity index (χ3v) is 2.32. The zero-order valence-electron chi connectivity index (χ0n) is 11.2. The van der Waals surface area contributed by atoms with E-state index in [1.807, 2.05) is 0 Å². The van der Waals surface area contributed by atoms with E-state index in [2.05, 4.69) is 29.5 Å². The van der Waals surface area contributed by atoms with Crippen LogP contribution in [0, 0.1) is 5.92 Å². The molecule has 0 spiro atoms. The Labute approximate surface area is 108 Å². The van der Waals surface area contributed by atoms with Gasteiger partial charge in [-0.15, -0.1) is 0 Å². The highest BCUT2D eigenvalue weighted by Crippen LogP contribution is 2.11. The van der Waals surface area contributed by atoms with E-state index in [0.29, 0.717) is 31.2 Å². The van der Waals surface area contributed by atoms with Crippen molar-refractivity contribution in [2.75, 3.05) is 32.1 Å². The number of rotatable bonds is 7. The van der Waals surface area contributed by atoms with Crippen molar-refractivity contribution in [1.82, 2.24) is 10.3 Å². The molecule has 0 radical (unpaired) electrons. The van der Waals surface area contributed by atoms with Gasteiger partial charge in [-0.05, 0) is 12.0 Å². The van der Waals surface area contributed by atoms with Crippen LogP contribution in [-0.4, -0.2) is 37.7 Å². The first-order valence-electron chi connectivity index (χ1n) is 6.13. The monoisotopic (exact) mass is 251 g/mol. The van der Waals surface area contributed by atoms with E-state index in [-0.39, 0.29) is 5.91 Å². The molecule has 1 aromatic rings. The van der Waals surface area contributed by atoms with Gasteiger partial charge < -0.3 is 15.4 Å². The molecule has 5 nitrogen and oxygen atoms in total. The third kappa shape index (κ3) is 4.71. The smallest absolute Gasteiger partial charge is 0.255 e. The molecule has 0 saturated carbocycles. The van der Waals surface area contributed by atoms with Crippen molar-refractivity contribution in [3.63, 3.8) is 0 Å². The van der Waals surface area contributed by atoms with Crippen molar-refractivity contribution in [3.05, 3.63) is 24.0 Å². The van der Waals surface area contributed by atoms with Crippen LogP contribution in [0.3, 0.4) is 0 Å². The number of carbonyl (C=O) groups is 1. The van der Waals surface area contributed by atoms with Crippen LogP contribution in [0.25, 0.3) is 0 Å². The molecule has 1 rings (SSSR count). The summed E-state index contributed by atoms with van der Waals surface area (Å²) in [6, 6.07) is 1.77. The van der Waals surface area contributed by atoms with Gasteiger partial charge >= 0.3 is 0 Å². The average molecular weight is 251 g/mol. The van der Waals surface area contributed by atoms with E-state index < -0.39 is 0 Å². The second-order valence-corrected chi connectivity index (χ2v) is 4.40. The number of hydrogen-bond acceptors (Lipinski definition) is 4. The highest BCUT2D eigenvalue weighted by Gasteiger charge is 2.09. The van der Waals surface area contributed by atoms with Gasteiger partial charge in [-0.2, -0.15) is 0 Å². The zero-order chi connectivity index (χ0) is 13.4. The van der Waals surface area contributed by atoms with Gasteiger partial charge in [0.1, 0.15) is 0 Å². The Hall–Kier alpha value is -1.62. The first-order valence-corrected chi connectivity index (χ1v) is 6.13. The van der Waals surface area contributed by atoms with Gasteiger partial charge in [-0.1, -0.05) is 13.8 Å². The Balaban J connectivity index is 2.36. The second-order valence-electron chi connectivity index (χ2n) is 4.40. The summed E-state index contributed by atoms with van der Waals surface area (Å²) in [6.07, 6.45) is 3.20. The number of amides is 1. The van der Waals surface area contributed by atoms with Crippen LogP contribution in [0.1, 0.15) is 24.2 Å². The molecule has 0 aliphatic carbocycles. The average Bonchev–Trinajstić information content (AvgIpc) is 2.37. The summed E-state index contributed by atoms with van der Waals surface area (Å²) in [5, 5.41) is 5.76. The standard InChI is InChI=1S/C13H21N3O2/c1-10(2)9-18-7-6-16-13(17)11-8-15-5-4-12(11)14-3/h4-5,8,10H,6-7,9H2,1-3H3,(H,14,15)(H,16,17). The molecule has 1 heterocycles. The molecule has 0 saturated heterocycles. The third-order valence-electron chi connectivity index (χ3n) is 2.32. The maximum Gasteiger partial charge on any atom is 0.255 e. The fraction of sp³-hybridized carbons (Fsp3) is 0.538. The fourth-order valence-electron chi connectivity index (χ4n) is 1.44. The summed E-state index contributed by atoms with van der Waals surface area (Å²) in [6.45, 7) is 5.92. The Bertz CT molecular complexity index is 380. The van der Waals surface area contributed by atoms with Crippen LogP contribution >= 0.6 is 0 Å². The van der Waals surface area contributed by atoms with E-state index in [4.69, 9.17) is 4.74 Å². The Morgan fingerprint density at radius 1 is 1.50 bits per heavy atom. The summed E-state index contributed by atoms with van der Waals surface area (Å²) in [5.74, 6) is 0.371. The van der Waals surface area contributed by atoms with E-state index in [1.165, 1.54) is 0 Å². The van der Waals surface area contributed by atoms with Gasteiger partial charge in [0.05, 0.1) is 12.2 Å². The maximum absolute atomic E-state index is 11.9. The summed E-state index contributed by atoms with van der Waals surface area (Å²) in [7, 11) is 1.78. The molecule has 100 valence electrons. The van der Waals surface area contributed by atoms with Gasteiger partial charge in [-0.25, -0.2) is 0 Å². The lowest BCUT2D eigenvalue weighted by atomic mass is 10.2. The predicted octanol–water partition coefficient (Wildman–Crippen LogP) is 1.53. The highest BCUT2D eigenvalue weighted by molar-refractivity contribution is 5.99. The predicted molar refractivity (Wildman–Crippen MR) is 71.8 cm³/mol. The van der Waals surface area contributed by atoms with Crippen LogP contribution in [0.5, 0.6) is 0 Å². The van der Waals surface area contributed by atoms with Gasteiger partial charge in [0.25, 0.3) is 5.91 Å². The Kier molecular flexibility index (Phi) is 6.14. The van der Waals surface area contributed by atoms with Crippen molar-refractivity contribution in [2.45, 2.75) is 13.8 Å². The Morgan fingerprint density at radius 3 is 2.94 bits per heavy atom. The molecule has 2 N–H and O–H groups in total. The van der Waals surface area contributed by atoms with Crippen LogP contribution in [0.2, 0.25) is 0 Å². The lowest BCUT2D eigenvalue weighted by Gasteiger charge is -2.10. The molecule has 0 bridgehead atoms. The molecule has 5 heteroatoms. The zero-order valence-corrected chi connectivity index (χ0v) is 11.2. The lowest BCUT2D eigenvalue weighted by Crippen LogP contribution is -2.28. The minimum atomic E-state index is -0.138. The number of ether oxygens (including phenoxy) is 1. The maximum atomic E-state index is 11.9. The topological polar surface area (TPSA) is 63.2 Å². The van der Waals surface area contributed by atoms with Crippen molar-refractivity contribution >= 4 is 11.6 Å². The largest absolute Gasteiger partial charge is 0.387 e. The molecule has 0 aliphatic rings. The Morgan fingerprint density at radius 2 is 2.28 bits per heavy atom. The molecule has 1 aromatic heterocycles. The minimum absolute atomic E-state index is 0.138. The SMILES string of the molecule is CNc1ccncc1C(=O)NCCOCC(C)C. The molecule has 1 amide bonds. The molecule has 0 aliphatic heterocycles. The van der Waals surface area contributed by atoms with E-state index in [0.717, 1.165) is 5.69 Å². The number of nitrogens with one attached hydrogen (secondary N) is 2. The van der Waals surface area contributed by atoms with Gasteiger partial charge in [-0.3, -0.25) is 9.78 Å². The first-order chi connectivity index (χ1) is 8.65.